The van der Waals surface area contributed by atoms with Crippen molar-refractivity contribution in [3.8, 4) is 0 Å². The molecule has 0 saturated carbocycles. The van der Waals surface area contributed by atoms with Crippen LogP contribution in [0.5, 0.6) is 0 Å². The van der Waals surface area contributed by atoms with E-state index in [-0.39, 0.29) is 0 Å². The normalized spacial score (nSPS) is 17.9. The minimum atomic E-state index is 0.311. The Morgan fingerprint density at radius 2 is 2.08 bits per heavy atom. The molecule has 0 N–H and O–H groups in total. The summed E-state index contributed by atoms with van der Waals surface area (Å²) in [6.45, 7) is 3.89. The van der Waals surface area contributed by atoms with Gasteiger partial charge in [-0.25, -0.2) is 4.98 Å². The van der Waals surface area contributed by atoms with Gasteiger partial charge in [0.1, 0.15) is 5.82 Å². The number of aryl methyl sites for hydroxylation is 3. The van der Waals surface area contributed by atoms with E-state index >= 15 is 0 Å². The van der Waals surface area contributed by atoms with Gasteiger partial charge < -0.3 is 9.47 Å². The second-order valence-corrected chi connectivity index (χ2v) is 6.68. The molecule has 1 unspecified atom stereocenters. The number of amides is 1. The number of benzene rings is 1. The van der Waals surface area contributed by atoms with E-state index in [4.69, 9.17) is 0 Å². The Balaban J connectivity index is 1.55. The summed E-state index contributed by atoms with van der Waals surface area (Å²) in [5, 5.41) is 0. The molecule has 1 aromatic heterocycles. The number of carbonyl (C=O) groups is 1. The van der Waals surface area contributed by atoms with Crippen molar-refractivity contribution in [1.29, 1.82) is 0 Å². The first-order valence-electron chi connectivity index (χ1n) is 9.05. The molecule has 1 aliphatic rings. The Morgan fingerprint density at radius 3 is 2.83 bits per heavy atom. The van der Waals surface area contributed by atoms with E-state index in [1.165, 1.54) is 12.0 Å². The first-order valence-corrected chi connectivity index (χ1v) is 9.05. The van der Waals surface area contributed by atoms with Crippen molar-refractivity contribution in [2.24, 2.45) is 0 Å². The summed E-state index contributed by atoms with van der Waals surface area (Å²) >= 11 is 0. The zero-order chi connectivity index (χ0) is 16.8. The number of nitrogens with zero attached hydrogens (tertiary/aromatic N) is 3. The minimum Gasteiger partial charge on any atom is -0.340 e. The highest BCUT2D eigenvalue weighted by atomic mass is 16.2. The summed E-state index contributed by atoms with van der Waals surface area (Å²) in [5.74, 6) is 1.36. The van der Waals surface area contributed by atoms with Crippen molar-refractivity contribution >= 4 is 5.91 Å². The van der Waals surface area contributed by atoms with Gasteiger partial charge in [0, 0.05) is 37.9 Å². The smallest absolute Gasteiger partial charge is 0.223 e. The molecule has 1 atom stereocenters. The summed E-state index contributed by atoms with van der Waals surface area (Å²) in [6.07, 6.45) is 9.85. The van der Waals surface area contributed by atoms with Crippen molar-refractivity contribution in [3.63, 3.8) is 0 Å². The molecule has 1 aliphatic heterocycles. The number of carbonyl (C=O) groups excluding carboxylic acids is 1. The SMILES string of the molecule is Cc1nccn1CCC1CCCCN1C(=O)CCc1ccccc1. The third kappa shape index (κ3) is 4.25. The van der Waals surface area contributed by atoms with Gasteiger partial charge in [0.15, 0.2) is 0 Å². The maximum absolute atomic E-state index is 12.7. The third-order valence-electron chi connectivity index (χ3n) is 5.04. The van der Waals surface area contributed by atoms with Crippen LogP contribution < -0.4 is 0 Å². The van der Waals surface area contributed by atoms with Gasteiger partial charge in [-0.05, 0) is 44.6 Å². The third-order valence-corrected chi connectivity index (χ3v) is 5.04. The summed E-state index contributed by atoms with van der Waals surface area (Å²) < 4.78 is 2.18. The highest BCUT2D eigenvalue weighted by Gasteiger charge is 2.26. The van der Waals surface area contributed by atoms with Crippen molar-refractivity contribution in [3.05, 3.63) is 54.1 Å². The molecule has 4 heteroatoms. The second-order valence-electron chi connectivity index (χ2n) is 6.68. The quantitative estimate of drug-likeness (QED) is 0.814. The summed E-state index contributed by atoms with van der Waals surface area (Å²) in [4.78, 5) is 19.1. The van der Waals surface area contributed by atoms with E-state index in [0.717, 1.165) is 44.6 Å². The standard InChI is InChI=1S/C20H27N3O/c1-17-21-13-16-22(17)15-12-19-9-5-6-14-23(19)20(24)11-10-18-7-3-2-4-8-18/h2-4,7-8,13,16,19H,5-6,9-12,14-15H2,1H3. The lowest BCUT2D eigenvalue weighted by Gasteiger charge is -2.36. The number of likely N-dealkylation sites (tertiary alicyclic amines) is 1. The number of rotatable bonds is 6. The van der Waals surface area contributed by atoms with Gasteiger partial charge in [0.2, 0.25) is 5.91 Å². The molecule has 24 heavy (non-hydrogen) atoms. The number of aromatic nitrogens is 2. The molecule has 1 fully saturated rings. The second kappa shape index (κ2) is 8.13. The fraction of sp³-hybridized carbons (Fsp3) is 0.500. The van der Waals surface area contributed by atoms with E-state index in [1.807, 2.05) is 37.5 Å². The van der Waals surface area contributed by atoms with Crippen LogP contribution in [0, 0.1) is 6.92 Å². The van der Waals surface area contributed by atoms with Gasteiger partial charge >= 0.3 is 0 Å². The van der Waals surface area contributed by atoms with Crippen LogP contribution in [0.3, 0.4) is 0 Å². The number of hydrogen-bond donors (Lipinski definition) is 0. The van der Waals surface area contributed by atoms with E-state index in [2.05, 4.69) is 26.6 Å². The fourth-order valence-electron chi connectivity index (χ4n) is 3.60. The summed E-state index contributed by atoms with van der Waals surface area (Å²) in [5.41, 5.74) is 1.24. The molecule has 128 valence electrons. The van der Waals surface area contributed by atoms with Crippen LogP contribution in [0.1, 0.15) is 43.5 Å². The molecule has 4 nitrogen and oxygen atoms in total. The number of imidazole rings is 1. The molecule has 0 radical (unpaired) electrons. The van der Waals surface area contributed by atoms with Crippen molar-refractivity contribution in [2.75, 3.05) is 6.54 Å². The van der Waals surface area contributed by atoms with Crippen LogP contribution in [0.15, 0.2) is 42.7 Å². The van der Waals surface area contributed by atoms with Crippen LogP contribution >= 0.6 is 0 Å². The Morgan fingerprint density at radius 1 is 1.25 bits per heavy atom. The zero-order valence-corrected chi connectivity index (χ0v) is 14.5. The zero-order valence-electron chi connectivity index (χ0n) is 14.5. The summed E-state index contributed by atoms with van der Waals surface area (Å²) in [6, 6.07) is 10.7. The average Bonchev–Trinajstić information content (AvgIpc) is 3.04. The van der Waals surface area contributed by atoms with Crippen molar-refractivity contribution < 1.29 is 4.79 Å². The van der Waals surface area contributed by atoms with Crippen LogP contribution in [0.4, 0.5) is 0 Å². The molecule has 3 rings (SSSR count). The van der Waals surface area contributed by atoms with E-state index in [0.29, 0.717) is 18.4 Å². The predicted molar refractivity (Wildman–Crippen MR) is 95.7 cm³/mol. The lowest BCUT2D eigenvalue weighted by Crippen LogP contribution is -2.44. The first kappa shape index (κ1) is 16.7. The van der Waals surface area contributed by atoms with Crippen molar-refractivity contribution in [1.82, 2.24) is 14.5 Å². The molecule has 2 aromatic rings. The highest BCUT2D eigenvalue weighted by molar-refractivity contribution is 5.76. The van der Waals surface area contributed by atoms with Gasteiger partial charge in [-0.15, -0.1) is 0 Å². The minimum absolute atomic E-state index is 0.311. The fourth-order valence-corrected chi connectivity index (χ4v) is 3.60. The number of hydrogen-bond acceptors (Lipinski definition) is 2. The van der Waals surface area contributed by atoms with Crippen molar-refractivity contribution in [2.45, 2.75) is 58.0 Å². The van der Waals surface area contributed by atoms with E-state index < -0.39 is 0 Å². The molecule has 0 spiro atoms. The van der Waals surface area contributed by atoms with Crippen LogP contribution in [0.2, 0.25) is 0 Å². The Labute approximate surface area is 144 Å². The Kier molecular flexibility index (Phi) is 5.68. The molecular formula is C20H27N3O. The van der Waals surface area contributed by atoms with Gasteiger partial charge in [-0.1, -0.05) is 30.3 Å². The van der Waals surface area contributed by atoms with Gasteiger partial charge in [0.25, 0.3) is 0 Å². The Bertz CT molecular complexity index is 650. The molecule has 1 saturated heterocycles. The molecule has 1 aromatic carbocycles. The maximum atomic E-state index is 12.7. The lowest BCUT2D eigenvalue weighted by molar-refractivity contribution is -0.135. The van der Waals surface area contributed by atoms with Crippen LogP contribution in [-0.2, 0) is 17.8 Å². The first-order chi connectivity index (χ1) is 11.7. The summed E-state index contributed by atoms with van der Waals surface area (Å²) in [7, 11) is 0. The average molecular weight is 325 g/mol. The predicted octanol–water partition coefficient (Wildman–Crippen LogP) is 3.60. The molecule has 1 amide bonds. The van der Waals surface area contributed by atoms with Gasteiger partial charge in [0.05, 0.1) is 0 Å². The lowest BCUT2D eigenvalue weighted by atomic mass is 9.98. The molecular weight excluding hydrogens is 298 g/mol. The van der Waals surface area contributed by atoms with Gasteiger partial charge in [-0.3, -0.25) is 4.79 Å². The largest absolute Gasteiger partial charge is 0.340 e. The topological polar surface area (TPSA) is 38.1 Å². The van der Waals surface area contributed by atoms with E-state index in [9.17, 15) is 4.79 Å². The molecule has 0 aliphatic carbocycles. The monoisotopic (exact) mass is 325 g/mol. The molecule has 0 bridgehead atoms. The molecule has 2 heterocycles. The highest BCUT2D eigenvalue weighted by Crippen LogP contribution is 2.22. The van der Waals surface area contributed by atoms with E-state index in [1.54, 1.807) is 0 Å². The maximum Gasteiger partial charge on any atom is 0.223 e. The Hall–Kier alpha value is -2.10. The van der Waals surface area contributed by atoms with Gasteiger partial charge in [-0.2, -0.15) is 0 Å². The number of piperidine rings is 1. The van der Waals surface area contributed by atoms with Crippen LogP contribution in [0.25, 0.3) is 0 Å². The van der Waals surface area contributed by atoms with Crippen LogP contribution in [-0.4, -0.2) is 32.9 Å².